The van der Waals surface area contributed by atoms with Crippen LogP contribution in [0.4, 0.5) is 5.13 Å². The molecular weight excluding hydrogens is 346 g/mol. The number of carbonyl (C=O) groups excluding carboxylic acids is 1. The summed E-state index contributed by atoms with van der Waals surface area (Å²) in [6.45, 7) is 3.66. The first kappa shape index (κ1) is 16.9. The topological polar surface area (TPSA) is 72.7 Å². The SMILES string of the molecule is CCCc1ccc(-c2nn(C)c3c2CCc2nc(NC(C)=O)sc2-3)cn1. The third kappa shape index (κ3) is 2.92. The molecule has 0 saturated heterocycles. The average Bonchev–Trinajstić information content (AvgIpc) is 3.15. The van der Waals surface area contributed by atoms with Gasteiger partial charge in [-0.05, 0) is 31.4 Å². The highest BCUT2D eigenvalue weighted by Crippen LogP contribution is 2.42. The quantitative estimate of drug-likeness (QED) is 0.764. The molecule has 0 aliphatic heterocycles. The molecule has 3 heterocycles. The summed E-state index contributed by atoms with van der Waals surface area (Å²) in [5.41, 5.74) is 6.55. The fourth-order valence-electron chi connectivity index (χ4n) is 3.44. The minimum atomic E-state index is -0.0970. The minimum absolute atomic E-state index is 0.0970. The van der Waals surface area contributed by atoms with Gasteiger partial charge in [0.15, 0.2) is 5.13 Å². The molecule has 0 unspecified atom stereocenters. The standard InChI is InChI=1S/C19H21N5OS/c1-4-5-13-7-6-12(10-20-13)16-14-8-9-15-18(17(14)24(3)23-16)26-19(22-15)21-11(2)25/h6-7,10H,4-5,8-9H2,1-3H3,(H,21,22,25). The Kier molecular flexibility index (Phi) is 4.32. The summed E-state index contributed by atoms with van der Waals surface area (Å²) in [5, 5.41) is 8.23. The van der Waals surface area contributed by atoms with Crippen LogP contribution in [-0.4, -0.2) is 25.7 Å². The third-order valence-electron chi connectivity index (χ3n) is 4.56. The first-order valence-corrected chi connectivity index (χ1v) is 9.67. The smallest absolute Gasteiger partial charge is 0.223 e. The number of hydrogen-bond donors (Lipinski definition) is 1. The maximum Gasteiger partial charge on any atom is 0.223 e. The van der Waals surface area contributed by atoms with Crippen molar-refractivity contribution < 1.29 is 4.79 Å². The Morgan fingerprint density at radius 3 is 2.88 bits per heavy atom. The van der Waals surface area contributed by atoms with Gasteiger partial charge in [0.05, 0.1) is 22.0 Å². The highest BCUT2D eigenvalue weighted by Gasteiger charge is 2.28. The summed E-state index contributed by atoms with van der Waals surface area (Å²) < 4.78 is 1.93. The lowest BCUT2D eigenvalue weighted by Gasteiger charge is -2.12. The molecule has 0 saturated carbocycles. The molecule has 7 heteroatoms. The van der Waals surface area contributed by atoms with E-state index in [4.69, 9.17) is 5.10 Å². The Morgan fingerprint density at radius 1 is 1.35 bits per heavy atom. The van der Waals surface area contributed by atoms with E-state index >= 15 is 0 Å². The van der Waals surface area contributed by atoms with Crippen LogP contribution in [0.25, 0.3) is 21.8 Å². The summed E-state index contributed by atoms with van der Waals surface area (Å²) in [6.07, 6.45) is 5.77. The zero-order chi connectivity index (χ0) is 18.3. The van der Waals surface area contributed by atoms with Crippen molar-refractivity contribution in [3.8, 4) is 21.8 Å². The number of nitrogens with zero attached hydrogens (tertiary/aromatic N) is 4. The van der Waals surface area contributed by atoms with Crippen molar-refractivity contribution in [1.29, 1.82) is 0 Å². The second-order valence-corrected chi connectivity index (χ2v) is 7.56. The van der Waals surface area contributed by atoms with Crippen LogP contribution in [-0.2, 0) is 31.1 Å². The first-order chi connectivity index (χ1) is 12.6. The van der Waals surface area contributed by atoms with Crippen molar-refractivity contribution >= 4 is 22.4 Å². The number of thiazole rings is 1. The average molecular weight is 367 g/mol. The zero-order valence-corrected chi connectivity index (χ0v) is 16.0. The van der Waals surface area contributed by atoms with Crippen LogP contribution in [0, 0.1) is 0 Å². The van der Waals surface area contributed by atoms with Gasteiger partial charge in [-0.15, -0.1) is 0 Å². The molecule has 0 atom stereocenters. The summed E-state index contributed by atoms with van der Waals surface area (Å²) in [5.74, 6) is -0.0970. The van der Waals surface area contributed by atoms with Crippen molar-refractivity contribution in [3.05, 3.63) is 35.3 Å². The summed E-state index contributed by atoms with van der Waals surface area (Å²) in [4.78, 5) is 21.6. The van der Waals surface area contributed by atoms with Crippen molar-refractivity contribution in [2.24, 2.45) is 7.05 Å². The van der Waals surface area contributed by atoms with Crippen LogP contribution in [0.3, 0.4) is 0 Å². The predicted molar refractivity (Wildman–Crippen MR) is 103 cm³/mol. The molecule has 3 aromatic heterocycles. The number of fused-ring (bicyclic) bond motifs is 3. The van der Waals surface area contributed by atoms with E-state index in [1.807, 2.05) is 17.9 Å². The number of pyridine rings is 1. The maximum absolute atomic E-state index is 11.3. The number of rotatable bonds is 4. The number of hydrogen-bond acceptors (Lipinski definition) is 5. The fourth-order valence-corrected chi connectivity index (χ4v) is 4.60. The van der Waals surface area contributed by atoms with Gasteiger partial charge in [0.25, 0.3) is 0 Å². The minimum Gasteiger partial charge on any atom is -0.302 e. The van der Waals surface area contributed by atoms with E-state index in [0.29, 0.717) is 5.13 Å². The van der Waals surface area contributed by atoms with E-state index in [9.17, 15) is 4.79 Å². The van der Waals surface area contributed by atoms with Crippen LogP contribution in [0.2, 0.25) is 0 Å². The molecule has 3 aromatic rings. The van der Waals surface area contributed by atoms with Gasteiger partial charge >= 0.3 is 0 Å². The number of carbonyl (C=O) groups is 1. The molecule has 0 bridgehead atoms. The molecule has 1 N–H and O–H groups in total. The Hall–Kier alpha value is -2.54. The third-order valence-corrected chi connectivity index (χ3v) is 5.58. The molecule has 6 nitrogen and oxygen atoms in total. The molecule has 1 amide bonds. The Morgan fingerprint density at radius 2 is 2.19 bits per heavy atom. The second kappa shape index (κ2) is 6.64. The Balaban J connectivity index is 1.75. The first-order valence-electron chi connectivity index (χ1n) is 8.85. The van der Waals surface area contributed by atoms with E-state index in [-0.39, 0.29) is 5.91 Å². The van der Waals surface area contributed by atoms with Gasteiger partial charge in [-0.2, -0.15) is 5.10 Å². The zero-order valence-electron chi connectivity index (χ0n) is 15.2. The Bertz CT molecular complexity index is 971. The fraction of sp³-hybridized carbons (Fsp3) is 0.368. The lowest BCUT2D eigenvalue weighted by atomic mass is 9.95. The highest BCUT2D eigenvalue weighted by atomic mass is 32.1. The number of nitrogens with one attached hydrogen (secondary N) is 1. The lowest BCUT2D eigenvalue weighted by Crippen LogP contribution is -2.06. The molecule has 0 aromatic carbocycles. The van der Waals surface area contributed by atoms with Gasteiger partial charge in [-0.1, -0.05) is 24.7 Å². The van der Waals surface area contributed by atoms with Crippen molar-refractivity contribution in [1.82, 2.24) is 19.7 Å². The molecule has 0 radical (unpaired) electrons. The molecule has 1 aliphatic rings. The van der Waals surface area contributed by atoms with Gasteiger partial charge in [-0.3, -0.25) is 14.5 Å². The van der Waals surface area contributed by atoms with E-state index in [1.165, 1.54) is 23.8 Å². The van der Waals surface area contributed by atoms with E-state index in [1.54, 1.807) is 0 Å². The predicted octanol–water partition coefficient (Wildman–Crippen LogP) is 3.62. The second-order valence-electron chi connectivity index (χ2n) is 6.56. The van der Waals surface area contributed by atoms with Crippen LogP contribution < -0.4 is 5.32 Å². The van der Waals surface area contributed by atoms with Gasteiger partial charge < -0.3 is 5.32 Å². The number of amides is 1. The molecule has 0 fully saturated rings. The molecule has 134 valence electrons. The van der Waals surface area contributed by atoms with Gasteiger partial charge in [0.1, 0.15) is 0 Å². The largest absolute Gasteiger partial charge is 0.302 e. The number of aromatic nitrogens is 4. The van der Waals surface area contributed by atoms with E-state index in [2.05, 4.69) is 34.3 Å². The maximum atomic E-state index is 11.3. The monoisotopic (exact) mass is 367 g/mol. The molecular formula is C19H21N5OS. The summed E-state index contributed by atoms with van der Waals surface area (Å²) >= 11 is 1.52. The molecule has 1 aliphatic carbocycles. The summed E-state index contributed by atoms with van der Waals surface area (Å²) in [6, 6.07) is 4.21. The van der Waals surface area contributed by atoms with Crippen molar-refractivity contribution in [2.45, 2.75) is 39.5 Å². The number of aryl methyl sites for hydroxylation is 3. The lowest BCUT2D eigenvalue weighted by molar-refractivity contribution is -0.114. The molecule has 26 heavy (non-hydrogen) atoms. The van der Waals surface area contributed by atoms with Crippen LogP contribution in [0.5, 0.6) is 0 Å². The van der Waals surface area contributed by atoms with Gasteiger partial charge in [0, 0.05) is 37.0 Å². The van der Waals surface area contributed by atoms with Gasteiger partial charge in [0.2, 0.25) is 5.91 Å². The molecule has 0 spiro atoms. The Labute approximate surface area is 156 Å². The summed E-state index contributed by atoms with van der Waals surface area (Å²) in [7, 11) is 1.97. The highest BCUT2D eigenvalue weighted by molar-refractivity contribution is 7.19. The molecule has 4 rings (SSSR count). The van der Waals surface area contributed by atoms with Crippen molar-refractivity contribution in [3.63, 3.8) is 0 Å². The van der Waals surface area contributed by atoms with Crippen LogP contribution >= 0.6 is 11.3 Å². The van der Waals surface area contributed by atoms with E-state index in [0.717, 1.165) is 58.9 Å². The normalized spacial score (nSPS) is 12.6. The van der Waals surface area contributed by atoms with Crippen molar-refractivity contribution in [2.75, 3.05) is 5.32 Å². The van der Waals surface area contributed by atoms with Crippen LogP contribution in [0.15, 0.2) is 18.3 Å². The van der Waals surface area contributed by atoms with Crippen LogP contribution in [0.1, 0.15) is 37.2 Å². The number of anilines is 1. The van der Waals surface area contributed by atoms with Gasteiger partial charge in [-0.25, -0.2) is 4.98 Å². The van der Waals surface area contributed by atoms with E-state index < -0.39 is 0 Å².